The van der Waals surface area contributed by atoms with Gasteiger partial charge in [0.2, 0.25) is 0 Å². The number of ether oxygens (including phenoxy) is 1. The molecule has 1 aromatic carbocycles. The summed E-state index contributed by atoms with van der Waals surface area (Å²) in [5, 5.41) is 8.35. The fourth-order valence-electron chi connectivity index (χ4n) is 1.44. The Morgan fingerprint density at radius 2 is 2.00 bits per heavy atom. The van der Waals surface area contributed by atoms with E-state index >= 15 is 0 Å². The minimum atomic E-state index is -3.60. The van der Waals surface area contributed by atoms with Gasteiger partial charge in [-0.1, -0.05) is 30.3 Å². The molecule has 0 heterocycles. The van der Waals surface area contributed by atoms with Gasteiger partial charge in [-0.15, -0.1) is 0 Å². The molecule has 2 N–H and O–H groups in total. The fraction of sp³-hybridized carbons (Fsp3) is 0.417. The quantitative estimate of drug-likeness (QED) is 0.629. The highest BCUT2D eigenvalue weighted by molar-refractivity contribution is 7.87. The van der Waals surface area contributed by atoms with Crippen LogP contribution in [-0.4, -0.2) is 50.6 Å². The lowest BCUT2D eigenvalue weighted by Crippen LogP contribution is -2.39. The molecule has 0 atom stereocenters. The summed E-state index contributed by atoms with van der Waals surface area (Å²) in [6.07, 6.45) is 0. The SMILES string of the molecule is CN(Cc1ccccc1)S(=O)(=O)NCCOCC(=O)O. The zero-order valence-corrected chi connectivity index (χ0v) is 12.0. The molecular weight excluding hydrogens is 284 g/mol. The minimum Gasteiger partial charge on any atom is -0.480 e. The van der Waals surface area contributed by atoms with Gasteiger partial charge >= 0.3 is 5.97 Å². The molecule has 0 aliphatic rings. The van der Waals surface area contributed by atoms with Crippen molar-refractivity contribution in [3.8, 4) is 0 Å². The van der Waals surface area contributed by atoms with Crippen molar-refractivity contribution in [3.05, 3.63) is 35.9 Å². The van der Waals surface area contributed by atoms with Gasteiger partial charge in [-0.2, -0.15) is 17.4 Å². The number of rotatable bonds is 9. The average Bonchev–Trinajstić information content (AvgIpc) is 2.39. The standard InChI is InChI=1S/C12H18N2O5S/c1-14(9-11-5-3-2-4-6-11)20(17,18)13-7-8-19-10-12(15)16/h2-6,13H,7-10H2,1H3,(H,15,16). The molecule has 112 valence electrons. The maximum atomic E-state index is 11.9. The van der Waals surface area contributed by atoms with E-state index in [-0.39, 0.29) is 19.7 Å². The number of nitrogens with zero attached hydrogens (tertiary/aromatic N) is 1. The van der Waals surface area contributed by atoms with E-state index in [9.17, 15) is 13.2 Å². The van der Waals surface area contributed by atoms with Crippen LogP contribution >= 0.6 is 0 Å². The summed E-state index contributed by atoms with van der Waals surface area (Å²) in [5.41, 5.74) is 0.877. The van der Waals surface area contributed by atoms with Crippen LogP contribution in [-0.2, 0) is 26.3 Å². The predicted octanol–water partition coefficient (Wildman–Crippen LogP) is 0.0540. The first-order valence-electron chi connectivity index (χ1n) is 5.96. The van der Waals surface area contributed by atoms with Crippen LogP contribution in [0.25, 0.3) is 0 Å². The number of aliphatic carboxylic acids is 1. The topological polar surface area (TPSA) is 95.9 Å². The van der Waals surface area contributed by atoms with Crippen molar-refractivity contribution in [2.24, 2.45) is 0 Å². The normalized spacial score (nSPS) is 11.7. The molecule has 0 aromatic heterocycles. The Kier molecular flexibility index (Phi) is 6.59. The molecular formula is C12H18N2O5S. The lowest BCUT2D eigenvalue weighted by Gasteiger charge is -2.17. The third-order valence-electron chi connectivity index (χ3n) is 2.41. The zero-order chi connectivity index (χ0) is 15.0. The highest BCUT2D eigenvalue weighted by Crippen LogP contribution is 2.05. The van der Waals surface area contributed by atoms with E-state index < -0.39 is 22.8 Å². The molecule has 20 heavy (non-hydrogen) atoms. The van der Waals surface area contributed by atoms with E-state index in [0.717, 1.165) is 5.56 Å². The highest BCUT2D eigenvalue weighted by atomic mass is 32.2. The van der Waals surface area contributed by atoms with Crippen LogP contribution in [0.2, 0.25) is 0 Å². The van der Waals surface area contributed by atoms with Gasteiger partial charge in [0.1, 0.15) is 6.61 Å². The maximum Gasteiger partial charge on any atom is 0.329 e. The summed E-state index contributed by atoms with van der Waals surface area (Å²) < 4.78 is 32.0. The van der Waals surface area contributed by atoms with Gasteiger partial charge in [-0.05, 0) is 5.56 Å². The Morgan fingerprint density at radius 3 is 2.60 bits per heavy atom. The Labute approximate surface area is 118 Å². The third-order valence-corrected chi connectivity index (χ3v) is 3.93. The van der Waals surface area contributed by atoms with Gasteiger partial charge < -0.3 is 9.84 Å². The van der Waals surface area contributed by atoms with E-state index in [4.69, 9.17) is 9.84 Å². The molecule has 0 saturated heterocycles. The highest BCUT2D eigenvalue weighted by Gasteiger charge is 2.16. The maximum absolute atomic E-state index is 11.9. The van der Waals surface area contributed by atoms with Crippen molar-refractivity contribution in [1.82, 2.24) is 9.03 Å². The number of carboxylic acid groups (broad SMARTS) is 1. The Hall–Kier alpha value is -1.48. The Morgan fingerprint density at radius 1 is 1.35 bits per heavy atom. The fourth-order valence-corrected chi connectivity index (χ4v) is 2.32. The molecule has 0 aliphatic heterocycles. The monoisotopic (exact) mass is 302 g/mol. The first kappa shape index (κ1) is 16.6. The second kappa shape index (κ2) is 7.95. The van der Waals surface area contributed by atoms with Crippen LogP contribution in [0.1, 0.15) is 5.56 Å². The number of carbonyl (C=O) groups is 1. The van der Waals surface area contributed by atoms with Crippen molar-refractivity contribution in [2.75, 3.05) is 26.8 Å². The summed E-state index contributed by atoms with van der Waals surface area (Å²) in [4.78, 5) is 10.2. The lowest BCUT2D eigenvalue weighted by molar-refractivity contribution is -0.142. The second-order valence-corrected chi connectivity index (χ2v) is 5.95. The Balaban J connectivity index is 2.38. The number of hydrogen-bond donors (Lipinski definition) is 2. The first-order valence-corrected chi connectivity index (χ1v) is 7.40. The zero-order valence-electron chi connectivity index (χ0n) is 11.2. The summed E-state index contributed by atoms with van der Waals surface area (Å²) in [7, 11) is -2.14. The molecule has 0 amide bonds. The van der Waals surface area contributed by atoms with E-state index in [1.165, 1.54) is 11.4 Å². The molecule has 8 heteroatoms. The number of nitrogens with one attached hydrogen (secondary N) is 1. The van der Waals surface area contributed by atoms with Crippen LogP contribution in [0.3, 0.4) is 0 Å². The molecule has 7 nitrogen and oxygen atoms in total. The van der Waals surface area contributed by atoms with Crippen LogP contribution in [0, 0.1) is 0 Å². The minimum absolute atomic E-state index is 0.00467. The smallest absolute Gasteiger partial charge is 0.329 e. The average molecular weight is 302 g/mol. The lowest BCUT2D eigenvalue weighted by atomic mass is 10.2. The van der Waals surface area contributed by atoms with E-state index in [2.05, 4.69) is 4.72 Å². The first-order chi connectivity index (χ1) is 9.42. The van der Waals surface area contributed by atoms with Crippen LogP contribution < -0.4 is 4.72 Å². The van der Waals surface area contributed by atoms with Gasteiger partial charge in [-0.25, -0.2) is 4.79 Å². The van der Waals surface area contributed by atoms with Crippen LogP contribution in [0.4, 0.5) is 0 Å². The summed E-state index contributed by atoms with van der Waals surface area (Å²) >= 11 is 0. The molecule has 0 fully saturated rings. The molecule has 1 aromatic rings. The molecule has 0 spiro atoms. The van der Waals surface area contributed by atoms with Gasteiger partial charge in [0.05, 0.1) is 6.61 Å². The van der Waals surface area contributed by atoms with Crippen LogP contribution in [0.15, 0.2) is 30.3 Å². The van der Waals surface area contributed by atoms with Gasteiger partial charge in [-0.3, -0.25) is 0 Å². The number of benzene rings is 1. The van der Waals surface area contributed by atoms with Crippen molar-refractivity contribution < 1.29 is 23.1 Å². The summed E-state index contributed by atoms with van der Waals surface area (Å²) in [6, 6.07) is 9.20. The van der Waals surface area contributed by atoms with E-state index in [0.29, 0.717) is 0 Å². The second-order valence-electron chi connectivity index (χ2n) is 4.09. The van der Waals surface area contributed by atoms with E-state index in [1.54, 1.807) is 0 Å². The van der Waals surface area contributed by atoms with Crippen LogP contribution in [0.5, 0.6) is 0 Å². The molecule has 1 rings (SSSR count). The molecule has 0 radical (unpaired) electrons. The van der Waals surface area contributed by atoms with Crippen molar-refractivity contribution >= 4 is 16.2 Å². The van der Waals surface area contributed by atoms with Gasteiger partial charge in [0.15, 0.2) is 0 Å². The van der Waals surface area contributed by atoms with Crippen molar-refractivity contribution in [2.45, 2.75) is 6.54 Å². The summed E-state index contributed by atoms with van der Waals surface area (Å²) in [6.45, 7) is -0.160. The van der Waals surface area contributed by atoms with Gasteiger partial charge in [0, 0.05) is 20.1 Å². The number of hydrogen-bond acceptors (Lipinski definition) is 4. The molecule has 0 unspecified atom stereocenters. The third kappa shape index (κ3) is 6.11. The molecule has 0 aliphatic carbocycles. The van der Waals surface area contributed by atoms with Crippen molar-refractivity contribution in [3.63, 3.8) is 0 Å². The Bertz CT molecular complexity index is 518. The van der Waals surface area contributed by atoms with Crippen molar-refractivity contribution in [1.29, 1.82) is 0 Å². The van der Waals surface area contributed by atoms with Gasteiger partial charge in [0.25, 0.3) is 10.2 Å². The molecule has 0 bridgehead atoms. The predicted molar refractivity (Wildman–Crippen MR) is 73.3 cm³/mol. The van der Waals surface area contributed by atoms with E-state index in [1.807, 2.05) is 30.3 Å². The largest absolute Gasteiger partial charge is 0.480 e. The number of carboxylic acids is 1. The molecule has 0 saturated carbocycles. The summed E-state index contributed by atoms with van der Waals surface area (Å²) in [5.74, 6) is -1.09.